The molecule has 3 aromatic carbocycles. The highest BCUT2D eigenvalue weighted by Crippen LogP contribution is 2.45. The molecule has 0 aliphatic carbocycles. The number of ether oxygens (including phenoxy) is 2. The second-order valence-corrected chi connectivity index (χ2v) is 13.8. The Hall–Kier alpha value is -3.90. The van der Waals surface area contributed by atoms with Crippen LogP contribution in [0, 0.1) is 19.3 Å². The number of hydrogen-bond donors (Lipinski definition) is 1. The summed E-state index contributed by atoms with van der Waals surface area (Å²) in [6.45, 7) is 16.4. The van der Waals surface area contributed by atoms with Gasteiger partial charge in [0.05, 0.1) is 17.9 Å². The maximum absolute atomic E-state index is 12.7. The third-order valence-corrected chi connectivity index (χ3v) is 8.63. The summed E-state index contributed by atoms with van der Waals surface area (Å²) >= 11 is 0. The van der Waals surface area contributed by atoms with Gasteiger partial charge in [0, 0.05) is 42.0 Å². The monoisotopic (exact) mass is 594 g/mol. The third-order valence-electron chi connectivity index (χ3n) is 8.63. The minimum Gasteiger partial charge on any atom is -0.493 e. The molecule has 1 aliphatic heterocycles. The van der Waals surface area contributed by atoms with Crippen LogP contribution >= 0.6 is 0 Å². The summed E-state index contributed by atoms with van der Waals surface area (Å²) in [6.07, 6.45) is 1.72. The van der Waals surface area contributed by atoms with Crippen molar-refractivity contribution in [3.63, 3.8) is 0 Å². The van der Waals surface area contributed by atoms with Crippen molar-refractivity contribution in [1.82, 2.24) is 4.98 Å². The number of carboxylic acids is 1. The summed E-state index contributed by atoms with van der Waals surface area (Å²) < 4.78 is 12.4. The van der Waals surface area contributed by atoms with E-state index in [1.807, 2.05) is 46.8 Å². The van der Waals surface area contributed by atoms with Crippen LogP contribution in [0.3, 0.4) is 0 Å². The Bertz CT molecular complexity index is 1620. The van der Waals surface area contributed by atoms with E-state index in [1.54, 1.807) is 0 Å². The van der Waals surface area contributed by atoms with E-state index in [-0.39, 0.29) is 5.41 Å². The van der Waals surface area contributed by atoms with Gasteiger partial charge in [-0.15, -0.1) is 0 Å². The Morgan fingerprint density at radius 2 is 1.61 bits per heavy atom. The molecule has 6 heteroatoms. The Balaban J connectivity index is 1.48. The number of aliphatic carboxylic acids is 1. The largest absolute Gasteiger partial charge is 0.493 e. The molecule has 0 bridgehead atoms. The zero-order valence-corrected chi connectivity index (χ0v) is 27.2. The molecule has 1 aromatic heterocycles. The lowest BCUT2D eigenvalue weighted by molar-refractivity contribution is -0.160. The van der Waals surface area contributed by atoms with Crippen molar-refractivity contribution in [3.05, 3.63) is 89.2 Å². The number of piperidine rings is 1. The molecule has 6 nitrogen and oxygen atoms in total. The predicted molar refractivity (Wildman–Crippen MR) is 179 cm³/mol. The number of fused-ring (bicyclic) bond motifs is 1. The van der Waals surface area contributed by atoms with Crippen molar-refractivity contribution < 1.29 is 19.4 Å². The molecule has 0 radical (unpaired) electrons. The van der Waals surface area contributed by atoms with Gasteiger partial charge in [-0.1, -0.05) is 68.4 Å². The fourth-order valence-electron chi connectivity index (χ4n) is 6.26. The molecule has 1 N–H and O–H groups in total. The summed E-state index contributed by atoms with van der Waals surface area (Å²) in [5, 5.41) is 12.9. The summed E-state index contributed by atoms with van der Waals surface area (Å²) in [7, 11) is 0. The van der Waals surface area contributed by atoms with Crippen molar-refractivity contribution in [3.8, 4) is 16.9 Å². The lowest BCUT2D eigenvalue weighted by atomic mass is 9.82. The molecule has 1 aliphatic rings. The molecular formula is C38H46N2O4. The van der Waals surface area contributed by atoms with Crippen LogP contribution in [0.2, 0.25) is 0 Å². The van der Waals surface area contributed by atoms with Gasteiger partial charge in [-0.25, -0.2) is 4.79 Å². The minimum atomic E-state index is -1.14. The van der Waals surface area contributed by atoms with Gasteiger partial charge in [0.15, 0.2) is 6.10 Å². The standard InChI is InChI=1S/C38H46N2O4/c1-25-32(29-15-17-30(18-16-29)43-24-19-28-13-10-12-27-11-8-9-14-31(27)28)34(40-22-20-38(6,7)21-23-40)33(26(2)39-25)35(36(41)42)44-37(3,4)5/h8-18,35H,19-24H2,1-7H3,(H,41,42). The molecule has 4 aromatic rings. The van der Waals surface area contributed by atoms with Crippen molar-refractivity contribution in [1.29, 1.82) is 0 Å². The quantitative estimate of drug-likeness (QED) is 0.209. The first kappa shape index (κ1) is 31.5. The molecule has 44 heavy (non-hydrogen) atoms. The molecule has 5 rings (SSSR count). The average Bonchev–Trinajstić information content (AvgIpc) is 2.96. The first-order chi connectivity index (χ1) is 20.8. The van der Waals surface area contributed by atoms with E-state index in [2.05, 4.69) is 73.3 Å². The van der Waals surface area contributed by atoms with Gasteiger partial charge in [0.2, 0.25) is 0 Å². The van der Waals surface area contributed by atoms with E-state index in [9.17, 15) is 9.90 Å². The molecular weight excluding hydrogens is 548 g/mol. The number of aryl methyl sites for hydroxylation is 2. The SMILES string of the molecule is Cc1nc(C)c(C(OC(C)(C)C)C(=O)O)c(N2CCC(C)(C)CC2)c1-c1ccc(OCCc2cccc3ccccc23)cc1. The second-order valence-electron chi connectivity index (χ2n) is 13.8. The highest BCUT2D eigenvalue weighted by atomic mass is 16.5. The first-order valence-electron chi connectivity index (χ1n) is 15.7. The van der Waals surface area contributed by atoms with Gasteiger partial charge in [-0.05, 0) is 86.9 Å². The number of rotatable bonds is 9. The van der Waals surface area contributed by atoms with Crippen LogP contribution in [-0.4, -0.2) is 41.4 Å². The van der Waals surface area contributed by atoms with E-state index < -0.39 is 17.7 Å². The normalized spacial score (nSPS) is 15.8. The van der Waals surface area contributed by atoms with Crippen molar-refractivity contribution in [2.45, 2.75) is 79.4 Å². The first-order valence-corrected chi connectivity index (χ1v) is 15.7. The van der Waals surface area contributed by atoms with E-state index in [1.165, 1.54) is 16.3 Å². The maximum Gasteiger partial charge on any atom is 0.337 e. The summed E-state index contributed by atoms with van der Waals surface area (Å²) in [4.78, 5) is 20.0. The van der Waals surface area contributed by atoms with E-state index in [0.29, 0.717) is 17.9 Å². The molecule has 1 saturated heterocycles. The van der Waals surface area contributed by atoms with Gasteiger partial charge in [-0.3, -0.25) is 4.98 Å². The fourth-order valence-corrected chi connectivity index (χ4v) is 6.26. The van der Waals surface area contributed by atoms with Crippen LogP contribution in [0.15, 0.2) is 66.7 Å². The highest BCUT2D eigenvalue weighted by Gasteiger charge is 2.36. The number of pyridine rings is 1. The number of anilines is 1. The summed E-state index contributed by atoms with van der Waals surface area (Å²) in [5.41, 5.74) is 5.93. The molecule has 0 spiro atoms. The van der Waals surface area contributed by atoms with Gasteiger partial charge < -0.3 is 19.5 Å². The molecule has 1 fully saturated rings. The number of benzene rings is 3. The van der Waals surface area contributed by atoms with E-state index in [4.69, 9.17) is 14.5 Å². The van der Waals surface area contributed by atoms with Crippen molar-refractivity contribution >= 4 is 22.4 Å². The maximum atomic E-state index is 12.7. The third kappa shape index (κ3) is 7.07. The van der Waals surface area contributed by atoms with Crippen LogP contribution < -0.4 is 9.64 Å². The molecule has 1 unspecified atom stereocenters. The van der Waals surface area contributed by atoms with Crippen molar-refractivity contribution in [2.75, 3.05) is 24.6 Å². The van der Waals surface area contributed by atoms with Gasteiger partial charge >= 0.3 is 5.97 Å². The topological polar surface area (TPSA) is 71.9 Å². The lowest BCUT2D eigenvalue weighted by Crippen LogP contribution is -2.39. The number of carbonyl (C=O) groups is 1. The van der Waals surface area contributed by atoms with Gasteiger partial charge in [0.25, 0.3) is 0 Å². The van der Waals surface area contributed by atoms with Gasteiger partial charge in [-0.2, -0.15) is 0 Å². The molecule has 1 atom stereocenters. The highest BCUT2D eigenvalue weighted by molar-refractivity contribution is 5.88. The molecule has 232 valence electrons. The van der Waals surface area contributed by atoms with Crippen LogP contribution in [0.4, 0.5) is 5.69 Å². The molecule has 2 heterocycles. The van der Waals surface area contributed by atoms with Crippen molar-refractivity contribution in [2.24, 2.45) is 5.41 Å². The zero-order chi connectivity index (χ0) is 31.6. The summed E-state index contributed by atoms with van der Waals surface area (Å²) in [5.74, 6) is -0.208. The molecule has 0 amide bonds. The summed E-state index contributed by atoms with van der Waals surface area (Å²) in [6, 6.07) is 23.0. The second kappa shape index (κ2) is 12.6. The minimum absolute atomic E-state index is 0.243. The van der Waals surface area contributed by atoms with E-state index in [0.717, 1.165) is 60.6 Å². The Morgan fingerprint density at radius 1 is 0.955 bits per heavy atom. The zero-order valence-electron chi connectivity index (χ0n) is 27.2. The Kier molecular flexibility index (Phi) is 9.03. The number of nitrogens with zero attached hydrogens (tertiary/aromatic N) is 2. The number of hydrogen-bond acceptors (Lipinski definition) is 5. The lowest BCUT2D eigenvalue weighted by Gasteiger charge is -2.41. The van der Waals surface area contributed by atoms with Crippen LogP contribution in [0.25, 0.3) is 21.9 Å². The van der Waals surface area contributed by atoms with Gasteiger partial charge in [0.1, 0.15) is 5.75 Å². The predicted octanol–water partition coefficient (Wildman–Crippen LogP) is 8.71. The Morgan fingerprint density at radius 3 is 2.27 bits per heavy atom. The number of aromatic nitrogens is 1. The average molecular weight is 595 g/mol. The molecule has 0 saturated carbocycles. The number of carboxylic acid groups (broad SMARTS) is 1. The van der Waals surface area contributed by atoms with Crippen LogP contribution in [0.5, 0.6) is 5.75 Å². The Labute approximate surface area is 262 Å². The fraction of sp³-hybridized carbons (Fsp3) is 0.421. The van der Waals surface area contributed by atoms with Crippen LogP contribution in [0.1, 0.15) is 76.1 Å². The smallest absolute Gasteiger partial charge is 0.337 e. The van der Waals surface area contributed by atoms with Crippen LogP contribution in [-0.2, 0) is 16.0 Å². The van der Waals surface area contributed by atoms with E-state index >= 15 is 0 Å².